The normalized spacial score (nSPS) is 13.2. The van der Waals surface area contributed by atoms with Crippen molar-refractivity contribution in [3.05, 3.63) is 126 Å². The van der Waals surface area contributed by atoms with Gasteiger partial charge in [-0.15, -0.1) is 0 Å². The number of aromatic nitrogens is 3. The summed E-state index contributed by atoms with van der Waals surface area (Å²) in [7, 11) is 0. The molecule has 0 radical (unpaired) electrons. The molecule has 0 amide bonds. The van der Waals surface area contributed by atoms with Crippen LogP contribution in [0, 0.1) is 11.6 Å². The van der Waals surface area contributed by atoms with Crippen LogP contribution in [0.5, 0.6) is 5.75 Å². The maximum absolute atomic E-state index is 15.5. The summed E-state index contributed by atoms with van der Waals surface area (Å²) < 4.78 is 64.3. The minimum Gasteiger partial charge on any atom is -0.435 e. The molecule has 9 heteroatoms. The zero-order valence-corrected chi connectivity index (χ0v) is 24.3. The van der Waals surface area contributed by atoms with Gasteiger partial charge in [0.1, 0.15) is 22.6 Å². The van der Waals surface area contributed by atoms with Crippen molar-refractivity contribution >= 4 is 33.4 Å². The number of benzene rings is 4. The average Bonchev–Trinajstić information content (AvgIpc) is 3.47. The summed E-state index contributed by atoms with van der Waals surface area (Å²) in [6.07, 6.45) is 2.06. The van der Waals surface area contributed by atoms with E-state index >= 15 is 9.18 Å². The van der Waals surface area contributed by atoms with Crippen molar-refractivity contribution < 1.29 is 27.1 Å². The minimum absolute atomic E-state index is 0.0126. The van der Waals surface area contributed by atoms with E-state index in [1.807, 2.05) is 54.6 Å². The third-order valence-electron chi connectivity index (χ3n) is 8.73. The lowest BCUT2D eigenvalue weighted by molar-refractivity contribution is -0.0498. The lowest BCUT2D eigenvalue weighted by Gasteiger charge is -2.13. The van der Waals surface area contributed by atoms with Gasteiger partial charge in [0.2, 0.25) is 5.78 Å². The molecule has 4 aromatic carbocycles. The van der Waals surface area contributed by atoms with Crippen molar-refractivity contribution in [1.29, 1.82) is 0 Å². The van der Waals surface area contributed by atoms with E-state index in [9.17, 15) is 13.2 Å². The first-order valence-electron chi connectivity index (χ1n) is 15.0. The van der Waals surface area contributed by atoms with Gasteiger partial charge in [0, 0.05) is 34.2 Å². The standard InChI is InChI=1S/C37H25F4N3O2/c38-27-17-18-30-33(32(27)39)43-19-7-6-11-25-31(22-13-15-23(16-14-22)46-37(40)41)34(44(30)36(25)43)35(45)26-20-29(21-8-2-1-3-9-21)42-28-12-5-4-10-24(26)28/h1-5,8-10,12-18,20,37H,6-7,11,19H2. The molecular formula is C37H25F4N3O2. The van der Waals surface area contributed by atoms with Crippen LogP contribution in [0.4, 0.5) is 17.6 Å². The van der Waals surface area contributed by atoms with Gasteiger partial charge >= 0.3 is 6.61 Å². The van der Waals surface area contributed by atoms with Crippen molar-refractivity contribution in [2.75, 3.05) is 0 Å². The molecule has 0 spiro atoms. The second-order valence-corrected chi connectivity index (χ2v) is 11.4. The predicted molar refractivity (Wildman–Crippen MR) is 168 cm³/mol. The number of ether oxygens (including phenoxy) is 1. The van der Waals surface area contributed by atoms with Crippen LogP contribution in [0.15, 0.2) is 97.1 Å². The number of pyridine rings is 1. The minimum atomic E-state index is -2.98. The quantitative estimate of drug-likeness (QED) is 0.138. The second-order valence-electron chi connectivity index (χ2n) is 11.4. The fourth-order valence-corrected chi connectivity index (χ4v) is 6.80. The molecular weight excluding hydrogens is 594 g/mol. The fourth-order valence-electron chi connectivity index (χ4n) is 6.80. The third-order valence-corrected chi connectivity index (χ3v) is 8.73. The lowest BCUT2D eigenvalue weighted by Crippen LogP contribution is -2.09. The monoisotopic (exact) mass is 619 g/mol. The van der Waals surface area contributed by atoms with Crippen LogP contribution in [-0.2, 0) is 13.0 Å². The van der Waals surface area contributed by atoms with E-state index in [0.29, 0.717) is 57.4 Å². The number of alkyl halides is 2. The Balaban J connectivity index is 1.47. The van der Waals surface area contributed by atoms with E-state index in [1.165, 1.54) is 18.2 Å². The Kier molecular flexibility index (Phi) is 6.63. The molecule has 8 rings (SSSR count). The number of hydrogen-bond acceptors (Lipinski definition) is 3. The number of rotatable bonds is 6. The third kappa shape index (κ3) is 4.37. The van der Waals surface area contributed by atoms with Gasteiger partial charge in [-0.1, -0.05) is 60.7 Å². The number of ketones is 1. The highest BCUT2D eigenvalue weighted by Crippen LogP contribution is 2.42. The summed E-state index contributed by atoms with van der Waals surface area (Å²) in [5.74, 6) is -2.28. The van der Waals surface area contributed by atoms with Gasteiger partial charge in [0.15, 0.2) is 11.6 Å². The SMILES string of the molecule is O=C(c1cc(-c2ccccc2)nc2ccccc12)c1c(-c2ccc(OC(F)F)cc2)c2c3n(c4c(F)c(F)ccc4n13)CCCC2. The van der Waals surface area contributed by atoms with Crippen molar-refractivity contribution in [2.24, 2.45) is 0 Å². The van der Waals surface area contributed by atoms with Gasteiger partial charge in [-0.3, -0.25) is 9.20 Å². The van der Waals surface area contributed by atoms with Crippen LogP contribution in [0.25, 0.3) is 50.0 Å². The summed E-state index contributed by atoms with van der Waals surface area (Å²) in [6.45, 7) is -2.54. The van der Waals surface area contributed by atoms with E-state index in [-0.39, 0.29) is 22.7 Å². The molecule has 5 nitrogen and oxygen atoms in total. The topological polar surface area (TPSA) is 48.5 Å². The highest BCUT2D eigenvalue weighted by molar-refractivity contribution is 6.20. The molecule has 4 heterocycles. The maximum atomic E-state index is 15.5. The molecule has 0 atom stereocenters. The van der Waals surface area contributed by atoms with E-state index < -0.39 is 18.2 Å². The molecule has 1 aliphatic rings. The number of fused-ring (bicyclic) bond motifs is 4. The second kappa shape index (κ2) is 10.9. The summed E-state index contributed by atoms with van der Waals surface area (Å²) >= 11 is 0. The highest BCUT2D eigenvalue weighted by Gasteiger charge is 2.33. The number of hydrogen-bond donors (Lipinski definition) is 0. The van der Waals surface area contributed by atoms with Crippen LogP contribution in [0.1, 0.15) is 34.5 Å². The summed E-state index contributed by atoms with van der Waals surface area (Å²) in [6, 6.07) is 27.5. The molecule has 7 aromatic rings. The molecule has 0 saturated carbocycles. The van der Waals surface area contributed by atoms with E-state index in [0.717, 1.165) is 30.0 Å². The van der Waals surface area contributed by atoms with Crippen molar-refractivity contribution in [3.8, 4) is 28.1 Å². The summed E-state index contributed by atoms with van der Waals surface area (Å²) in [5.41, 5.74) is 5.88. The van der Waals surface area contributed by atoms with E-state index in [1.54, 1.807) is 27.2 Å². The average molecular weight is 620 g/mol. The first kappa shape index (κ1) is 28.1. The maximum Gasteiger partial charge on any atom is 0.387 e. The lowest BCUT2D eigenvalue weighted by atomic mass is 9.93. The van der Waals surface area contributed by atoms with Crippen molar-refractivity contribution in [1.82, 2.24) is 14.0 Å². The van der Waals surface area contributed by atoms with Gasteiger partial charge in [-0.25, -0.2) is 13.8 Å². The number of nitrogens with zero attached hydrogens (tertiary/aromatic N) is 3. The fraction of sp³-hybridized carbons (Fsp3) is 0.135. The Morgan fingerprint density at radius 2 is 1.61 bits per heavy atom. The molecule has 46 heavy (non-hydrogen) atoms. The van der Waals surface area contributed by atoms with E-state index in [4.69, 9.17) is 4.98 Å². The van der Waals surface area contributed by atoms with Crippen LogP contribution in [-0.4, -0.2) is 26.3 Å². The molecule has 0 unspecified atom stereocenters. The van der Waals surface area contributed by atoms with E-state index in [2.05, 4.69) is 4.74 Å². The largest absolute Gasteiger partial charge is 0.435 e. The Morgan fingerprint density at radius 3 is 2.39 bits per heavy atom. The van der Waals surface area contributed by atoms with Crippen LogP contribution in [0.3, 0.4) is 0 Å². The molecule has 0 saturated heterocycles. The van der Waals surface area contributed by atoms with Crippen LogP contribution in [0.2, 0.25) is 0 Å². The van der Waals surface area contributed by atoms with Crippen LogP contribution < -0.4 is 4.74 Å². The smallest absolute Gasteiger partial charge is 0.387 e. The van der Waals surface area contributed by atoms with Gasteiger partial charge in [-0.05, 0) is 61.2 Å². The number of imidazole rings is 1. The first-order chi connectivity index (χ1) is 22.4. The number of aryl methyl sites for hydroxylation is 2. The Morgan fingerprint density at radius 1 is 0.848 bits per heavy atom. The van der Waals surface area contributed by atoms with Gasteiger partial charge in [-0.2, -0.15) is 8.78 Å². The molecule has 0 N–H and O–H groups in total. The molecule has 0 aliphatic carbocycles. The van der Waals surface area contributed by atoms with Gasteiger partial charge in [0.05, 0.1) is 16.7 Å². The number of carbonyl (C=O) groups is 1. The highest BCUT2D eigenvalue weighted by atomic mass is 19.3. The van der Waals surface area contributed by atoms with Gasteiger partial charge < -0.3 is 9.30 Å². The van der Waals surface area contributed by atoms with Crippen molar-refractivity contribution in [3.63, 3.8) is 0 Å². The molecule has 0 fully saturated rings. The summed E-state index contributed by atoms with van der Waals surface area (Å²) in [4.78, 5) is 20.0. The van der Waals surface area contributed by atoms with Crippen molar-refractivity contribution in [2.45, 2.75) is 32.4 Å². The number of carbonyl (C=O) groups excluding carboxylic acids is 1. The zero-order chi connectivity index (χ0) is 31.5. The Hall–Kier alpha value is -5.44. The molecule has 1 aliphatic heterocycles. The molecule has 0 bridgehead atoms. The Bertz CT molecular complexity index is 2310. The Labute approximate surface area is 260 Å². The number of para-hydroxylation sites is 1. The summed E-state index contributed by atoms with van der Waals surface area (Å²) in [5, 5.41) is 0.642. The predicted octanol–water partition coefficient (Wildman–Crippen LogP) is 9.22. The number of halogens is 4. The van der Waals surface area contributed by atoms with Gasteiger partial charge in [0.25, 0.3) is 0 Å². The molecule has 3 aromatic heterocycles. The van der Waals surface area contributed by atoms with Crippen LogP contribution >= 0.6 is 0 Å². The molecule has 228 valence electrons. The first-order valence-corrected chi connectivity index (χ1v) is 15.0. The zero-order valence-electron chi connectivity index (χ0n) is 24.3.